The smallest absolute Gasteiger partial charge is 0.319 e. The van der Waals surface area contributed by atoms with Crippen molar-refractivity contribution in [3.05, 3.63) is 47.5 Å². The van der Waals surface area contributed by atoms with Crippen LogP contribution in [0.1, 0.15) is 57.4 Å². The van der Waals surface area contributed by atoms with Crippen LogP contribution in [0.3, 0.4) is 0 Å². The molecule has 3 unspecified atom stereocenters. The van der Waals surface area contributed by atoms with Crippen molar-refractivity contribution in [2.24, 2.45) is 0 Å². The Balaban J connectivity index is 1.36. The number of phenols is 1. The number of aromatic hydroxyl groups is 1. The number of terminal acetylenes is 1. The zero-order chi connectivity index (χ0) is 33.4. The Morgan fingerprint density at radius 3 is 2.77 bits per heavy atom. The molecule has 8 nitrogen and oxygen atoms in total. The zero-order valence-electron chi connectivity index (χ0n) is 26.7. The van der Waals surface area contributed by atoms with E-state index >= 15 is 4.39 Å². The number of alkyl halides is 1. The standard InChI is InChI=1S/C37H37F3N4O4/c1-3-24-27(39)8-7-21-15-23(45)16-25(30(21)24)26-17-28-31-33(32(26)40)41-35(48-20-37-11-6-12-43(37)19-22(38)18-37)42-34(31)44-13-5-4-10-36(2,46)29(44)9-14-47-28/h1,7-8,15-17,22,29,45-46H,4-6,9-14,18-20H2,2H3/t22-,29?,36?,37?/m1/s1. The van der Waals surface area contributed by atoms with E-state index in [9.17, 15) is 19.0 Å². The monoisotopic (exact) mass is 658 g/mol. The van der Waals surface area contributed by atoms with E-state index in [1.807, 2.05) is 11.8 Å². The molecule has 0 aliphatic carbocycles. The number of fused-ring (bicyclic) bond motifs is 4. The molecule has 4 aromatic rings. The maximum absolute atomic E-state index is 17.2. The minimum atomic E-state index is -1.06. The first kappa shape index (κ1) is 31.0. The van der Waals surface area contributed by atoms with E-state index in [0.29, 0.717) is 54.7 Å². The predicted molar refractivity (Wildman–Crippen MR) is 176 cm³/mol. The highest BCUT2D eigenvalue weighted by Crippen LogP contribution is 2.47. The fraction of sp³-hybridized carbons (Fsp3) is 0.459. The van der Waals surface area contributed by atoms with Crippen molar-refractivity contribution in [3.63, 3.8) is 0 Å². The molecule has 5 heterocycles. The maximum Gasteiger partial charge on any atom is 0.319 e. The number of nitrogens with zero attached hydrogens (tertiary/aromatic N) is 4. The van der Waals surface area contributed by atoms with E-state index in [2.05, 4.69) is 15.8 Å². The Morgan fingerprint density at radius 1 is 1.08 bits per heavy atom. The molecule has 0 amide bonds. The average molecular weight is 659 g/mol. The molecule has 2 N–H and O–H groups in total. The molecule has 11 heteroatoms. The number of benzene rings is 3. The minimum absolute atomic E-state index is 0.00714. The summed E-state index contributed by atoms with van der Waals surface area (Å²) in [7, 11) is 0. The summed E-state index contributed by atoms with van der Waals surface area (Å²) in [5.41, 5.74) is -1.50. The number of aromatic nitrogens is 2. The average Bonchev–Trinajstić information content (AvgIpc) is 3.52. The number of ether oxygens (including phenoxy) is 2. The summed E-state index contributed by atoms with van der Waals surface area (Å²) in [6.45, 7) is 3.89. The van der Waals surface area contributed by atoms with E-state index in [-0.39, 0.29) is 58.6 Å². The first-order valence-corrected chi connectivity index (χ1v) is 16.7. The number of aliphatic hydroxyl groups is 1. The molecular weight excluding hydrogens is 621 g/mol. The second kappa shape index (κ2) is 11.4. The highest BCUT2D eigenvalue weighted by molar-refractivity contribution is 6.05. The van der Waals surface area contributed by atoms with Gasteiger partial charge in [0, 0.05) is 36.9 Å². The van der Waals surface area contributed by atoms with Gasteiger partial charge in [-0.1, -0.05) is 12.0 Å². The zero-order valence-corrected chi connectivity index (χ0v) is 26.7. The van der Waals surface area contributed by atoms with Crippen LogP contribution in [-0.4, -0.2) is 81.3 Å². The third-order valence-corrected chi connectivity index (χ3v) is 10.9. The molecule has 0 saturated carbocycles. The number of hydrogen-bond acceptors (Lipinski definition) is 8. The van der Waals surface area contributed by atoms with Crippen molar-refractivity contribution >= 4 is 27.5 Å². The van der Waals surface area contributed by atoms with Gasteiger partial charge in [0.05, 0.1) is 34.7 Å². The van der Waals surface area contributed by atoms with Crippen LogP contribution in [0.15, 0.2) is 30.3 Å². The van der Waals surface area contributed by atoms with Crippen LogP contribution < -0.4 is 14.4 Å². The summed E-state index contributed by atoms with van der Waals surface area (Å²) in [5.74, 6) is 1.52. The molecule has 4 atom stereocenters. The molecular formula is C37H37F3N4O4. The van der Waals surface area contributed by atoms with Crippen molar-refractivity contribution in [1.82, 2.24) is 14.9 Å². The van der Waals surface area contributed by atoms with Gasteiger partial charge in [0.15, 0.2) is 5.82 Å². The van der Waals surface area contributed by atoms with Gasteiger partial charge in [-0.15, -0.1) is 6.42 Å². The lowest BCUT2D eigenvalue weighted by atomic mass is 9.88. The van der Waals surface area contributed by atoms with E-state index < -0.39 is 28.9 Å². The summed E-state index contributed by atoms with van der Waals surface area (Å²) >= 11 is 0. The number of hydrogen-bond donors (Lipinski definition) is 2. The van der Waals surface area contributed by atoms with Gasteiger partial charge in [0.2, 0.25) is 0 Å². The Labute approximate surface area is 276 Å². The van der Waals surface area contributed by atoms with Crippen molar-refractivity contribution in [3.8, 4) is 41.0 Å². The molecule has 4 aliphatic heterocycles. The summed E-state index contributed by atoms with van der Waals surface area (Å²) in [6.07, 6.45) is 9.50. The second-order valence-corrected chi connectivity index (χ2v) is 14.0. The summed E-state index contributed by atoms with van der Waals surface area (Å²) < 4.78 is 59.4. The van der Waals surface area contributed by atoms with Crippen molar-refractivity contribution in [2.75, 3.05) is 37.7 Å². The van der Waals surface area contributed by atoms with Crippen LogP contribution in [0.4, 0.5) is 19.0 Å². The van der Waals surface area contributed by atoms with Crippen LogP contribution in [0.25, 0.3) is 32.8 Å². The minimum Gasteiger partial charge on any atom is -0.508 e. The number of anilines is 1. The van der Waals surface area contributed by atoms with E-state index in [4.69, 9.17) is 20.9 Å². The summed E-state index contributed by atoms with van der Waals surface area (Å²) in [5, 5.41) is 23.3. The van der Waals surface area contributed by atoms with E-state index in [1.165, 1.54) is 30.3 Å². The van der Waals surface area contributed by atoms with Crippen LogP contribution in [0, 0.1) is 24.0 Å². The van der Waals surface area contributed by atoms with E-state index in [0.717, 1.165) is 32.2 Å². The SMILES string of the molecule is C#Cc1c(F)ccc2cc(O)cc(-c3cc4c5c(nc(OCC67CCCN6C[C@H](F)C7)nc5c3F)N3CCCCC(C)(O)C3CCO4)c12. The van der Waals surface area contributed by atoms with Crippen LogP contribution >= 0.6 is 0 Å². The van der Waals surface area contributed by atoms with Gasteiger partial charge >= 0.3 is 6.01 Å². The molecule has 3 aromatic carbocycles. The maximum atomic E-state index is 17.2. The molecule has 4 aliphatic rings. The van der Waals surface area contributed by atoms with Crippen molar-refractivity contribution in [2.45, 2.75) is 75.2 Å². The Bertz CT molecular complexity index is 2000. The van der Waals surface area contributed by atoms with Gasteiger partial charge in [-0.25, -0.2) is 13.2 Å². The molecule has 0 radical (unpaired) electrons. The van der Waals surface area contributed by atoms with Crippen LogP contribution in [0.5, 0.6) is 17.5 Å². The fourth-order valence-corrected chi connectivity index (χ4v) is 8.64. The van der Waals surface area contributed by atoms with Gasteiger partial charge < -0.3 is 24.6 Å². The third kappa shape index (κ3) is 4.91. The van der Waals surface area contributed by atoms with Crippen molar-refractivity contribution in [1.29, 1.82) is 0 Å². The Morgan fingerprint density at radius 2 is 1.94 bits per heavy atom. The lowest BCUT2D eigenvalue weighted by Crippen LogP contribution is -2.51. The Kier molecular flexibility index (Phi) is 7.38. The quantitative estimate of drug-likeness (QED) is 0.249. The molecule has 250 valence electrons. The summed E-state index contributed by atoms with van der Waals surface area (Å²) in [6, 6.07) is 6.58. The lowest BCUT2D eigenvalue weighted by molar-refractivity contribution is 0.0184. The predicted octanol–water partition coefficient (Wildman–Crippen LogP) is 6.26. The van der Waals surface area contributed by atoms with Gasteiger partial charge in [-0.05, 0) is 80.8 Å². The van der Waals surface area contributed by atoms with Gasteiger partial charge in [0.25, 0.3) is 0 Å². The largest absolute Gasteiger partial charge is 0.508 e. The Hall–Kier alpha value is -4.27. The fourth-order valence-electron chi connectivity index (χ4n) is 8.64. The van der Waals surface area contributed by atoms with Gasteiger partial charge in [0.1, 0.15) is 41.4 Å². The lowest BCUT2D eigenvalue weighted by Gasteiger charge is -2.41. The molecule has 8 rings (SSSR count). The summed E-state index contributed by atoms with van der Waals surface area (Å²) in [4.78, 5) is 13.6. The number of halogens is 3. The van der Waals surface area contributed by atoms with Crippen LogP contribution in [0.2, 0.25) is 0 Å². The number of rotatable bonds is 4. The molecule has 1 aromatic heterocycles. The van der Waals surface area contributed by atoms with Gasteiger partial charge in [-0.3, -0.25) is 4.90 Å². The van der Waals surface area contributed by atoms with Crippen LogP contribution in [-0.2, 0) is 0 Å². The molecule has 0 bridgehead atoms. The highest BCUT2D eigenvalue weighted by Gasteiger charge is 2.49. The van der Waals surface area contributed by atoms with Crippen molar-refractivity contribution < 1.29 is 32.9 Å². The first-order valence-electron chi connectivity index (χ1n) is 16.7. The molecule has 3 fully saturated rings. The third-order valence-electron chi connectivity index (χ3n) is 10.9. The molecule has 0 spiro atoms. The van der Waals surface area contributed by atoms with E-state index in [1.54, 1.807) is 0 Å². The first-order chi connectivity index (χ1) is 23.1. The van der Waals surface area contributed by atoms with Gasteiger partial charge in [-0.2, -0.15) is 9.97 Å². The normalized spacial score (nSPS) is 27.1. The molecule has 3 saturated heterocycles. The second-order valence-electron chi connectivity index (χ2n) is 14.0. The number of phenolic OH excluding ortho intramolecular Hbond substituents is 1. The topological polar surface area (TPSA) is 91.2 Å². The highest BCUT2D eigenvalue weighted by atomic mass is 19.1. The molecule has 48 heavy (non-hydrogen) atoms.